The van der Waals surface area contributed by atoms with Gasteiger partial charge in [-0.05, 0) is 47.4 Å². The predicted molar refractivity (Wildman–Crippen MR) is 104 cm³/mol. The van der Waals surface area contributed by atoms with E-state index >= 15 is 0 Å². The van der Waals surface area contributed by atoms with Crippen LogP contribution >= 0.6 is 0 Å². The van der Waals surface area contributed by atoms with Crippen molar-refractivity contribution in [1.29, 1.82) is 0 Å². The van der Waals surface area contributed by atoms with Crippen LogP contribution in [0.15, 0.2) is 73.3 Å². The zero-order chi connectivity index (χ0) is 17.8. The summed E-state index contributed by atoms with van der Waals surface area (Å²) in [6.07, 6.45) is 9.02. The molecule has 2 heterocycles. The van der Waals surface area contributed by atoms with E-state index in [9.17, 15) is 0 Å². The number of methoxy groups -OCH3 is 1. The van der Waals surface area contributed by atoms with Crippen LogP contribution in [0.3, 0.4) is 0 Å². The van der Waals surface area contributed by atoms with Gasteiger partial charge < -0.3 is 9.30 Å². The second-order valence-electron chi connectivity index (χ2n) is 6.58. The van der Waals surface area contributed by atoms with Crippen LogP contribution in [0.1, 0.15) is 17.5 Å². The molecular weight excluding hydrogens is 322 g/mol. The number of benzene rings is 2. The maximum Gasteiger partial charge on any atom is 0.118 e. The summed E-state index contributed by atoms with van der Waals surface area (Å²) in [6, 6.07) is 17.1. The van der Waals surface area contributed by atoms with Gasteiger partial charge in [0.25, 0.3) is 0 Å². The largest absolute Gasteiger partial charge is 0.497 e. The van der Waals surface area contributed by atoms with Crippen LogP contribution in [-0.2, 0) is 6.54 Å². The van der Waals surface area contributed by atoms with E-state index < -0.39 is 0 Å². The van der Waals surface area contributed by atoms with Crippen LogP contribution in [0.2, 0.25) is 0 Å². The molecule has 1 aliphatic heterocycles. The first-order valence-corrected chi connectivity index (χ1v) is 8.95. The Morgan fingerprint density at radius 1 is 1.04 bits per heavy atom. The minimum Gasteiger partial charge on any atom is -0.497 e. The third kappa shape index (κ3) is 3.70. The summed E-state index contributed by atoms with van der Waals surface area (Å²) in [4.78, 5) is 6.58. The van der Waals surface area contributed by atoms with Gasteiger partial charge in [0, 0.05) is 37.7 Å². The lowest BCUT2D eigenvalue weighted by atomic mass is 9.99. The molecule has 3 aromatic rings. The zero-order valence-electron chi connectivity index (χ0n) is 15.0. The number of rotatable bonds is 5. The van der Waals surface area contributed by atoms with Gasteiger partial charge in [-0.2, -0.15) is 0 Å². The molecule has 4 rings (SSSR count). The number of hydrogen-bond acceptors (Lipinski definition) is 3. The molecule has 4 heteroatoms. The van der Waals surface area contributed by atoms with Gasteiger partial charge >= 0.3 is 0 Å². The average Bonchev–Trinajstić information content (AvgIpc) is 3.24. The molecule has 0 bridgehead atoms. The van der Waals surface area contributed by atoms with Crippen LogP contribution < -0.4 is 4.74 Å². The Hall–Kier alpha value is -2.85. The molecule has 0 aliphatic carbocycles. The van der Waals surface area contributed by atoms with E-state index in [4.69, 9.17) is 4.74 Å². The van der Waals surface area contributed by atoms with Crippen molar-refractivity contribution in [3.8, 4) is 11.4 Å². The average molecular weight is 345 g/mol. The SMILES string of the molecule is COc1ccc(C2=CCN(Cc3ccc(-n4ccnc4)cc3)CC2)cc1. The van der Waals surface area contributed by atoms with Gasteiger partial charge in [-0.1, -0.05) is 30.3 Å². The van der Waals surface area contributed by atoms with Gasteiger partial charge in [-0.15, -0.1) is 0 Å². The van der Waals surface area contributed by atoms with Crippen LogP contribution in [-0.4, -0.2) is 34.7 Å². The Morgan fingerprint density at radius 2 is 1.85 bits per heavy atom. The molecule has 132 valence electrons. The van der Waals surface area contributed by atoms with Gasteiger partial charge in [0.2, 0.25) is 0 Å². The van der Waals surface area contributed by atoms with Crippen molar-refractivity contribution in [2.45, 2.75) is 13.0 Å². The highest BCUT2D eigenvalue weighted by Gasteiger charge is 2.13. The van der Waals surface area contributed by atoms with Gasteiger partial charge in [-0.3, -0.25) is 4.90 Å². The number of nitrogens with zero attached hydrogens (tertiary/aromatic N) is 3. The van der Waals surface area contributed by atoms with Crippen molar-refractivity contribution >= 4 is 5.57 Å². The molecule has 2 aromatic carbocycles. The molecule has 0 saturated heterocycles. The monoisotopic (exact) mass is 345 g/mol. The predicted octanol–water partition coefficient (Wildman–Crippen LogP) is 4.17. The Morgan fingerprint density at radius 3 is 2.46 bits per heavy atom. The molecule has 0 saturated carbocycles. The molecule has 4 nitrogen and oxygen atoms in total. The van der Waals surface area contributed by atoms with E-state index in [1.807, 2.05) is 29.2 Å². The van der Waals surface area contributed by atoms with E-state index in [1.165, 1.54) is 16.7 Å². The maximum atomic E-state index is 5.24. The van der Waals surface area contributed by atoms with E-state index in [2.05, 4.69) is 52.4 Å². The lowest BCUT2D eigenvalue weighted by Crippen LogP contribution is -2.28. The zero-order valence-corrected chi connectivity index (χ0v) is 15.0. The first-order chi connectivity index (χ1) is 12.8. The molecule has 0 atom stereocenters. The molecular formula is C22H23N3O. The molecule has 1 aliphatic rings. The summed E-state index contributed by atoms with van der Waals surface area (Å²) in [5.41, 5.74) is 5.22. The molecule has 0 radical (unpaired) electrons. The van der Waals surface area contributed by atoms with E-state index in [-0.39, 0.29) is 0 Å². The minimum atomic E-state index is 0.908. The first-order valence-electron chi connectivity index (χ1n) is 8.95. The fraction of sp³-hybridized carbons (Fsp3) is 0.227. The number of hydrogen-bond donors (Lipinski definition) is 0. The molecule has 0 fully saturated rings. The minimum absolute atomic E-state index is 0.908. The Balaban J connectivity index is 1.37. The van der Waals surface area contributed by atoms with Crippen molar-refractivity contribution in [1.82, 2.24) is 14.5 Å². The molecule has 1 aromatic heterocycles. The van der Waals surface area contributed by atoms with Crippen LogP contribution in [0.4, 0.5) is 0 Å². The van der Waals surface area contributed by atoms with Crippen molar-refractivity contribution in [3.05, 3.63) is 84.5 Å². The summed E-state index contributed by atoms with van der Waals surface area (Å²) in [5.74, 6) is 0.908. The Kier molecular flexibility index (Phi) is 4.84. The van der Waals surface area contributed by atoms with Crippen LogP contribution in [0.5, 0.6) is 5.75 Å². The second-order valence-corrected chi connectivity index (χ2v) is 6.58. The van der Waals surface area contributed by atoms with Gasteiger partial charge in [0.1, 0.15) is 5.75 Å². The summed E-state index contributed by atoms with van der Waals surface area (Å²) < 4.78 is 7.26. The fourth-order valence-electron chi connectivity index (χ4n) is 3.37. The summed E-state index contributed by atoms with van der Waals surface area (Å²) in [6.45, 7) is 3.06. The molecule has 0 spiro atoms. The van der Waals surface area contributed by atoms with E-state index in [1.54, 1.807) is 13.3 Å². The summed E-state index contributed by atoms with van der Waals surface area (Å²) >= 11 is 0. The van der Waals surface area contributed by atoms with Gasteiger partial charge in [0.05, 0.1) is 13.4 Å². The highest BCUT2D eigenvalue weighted by atomic mass is 16.5. The molecule has 26 heavy (non-hydrogen) atoms. The van der Waals surface area contributed by atoms with Crippen molar-refractivity contribution in [2.75, 3.05) is 20.2 Å². The number of imidazole rings is 1. The van der Waals surface area contributed by atoms with Gasteiger partial charge in [-0.25, -0.2) is 4.98 Å². The van der Waals surface area contributed by atoms with Crippen LogP contribution in [0, 0.1) is 0 Å². The quantitative estimate of drug-likeness (QED) is 0.695. The standard InChI is InChI=1S/C22H23N3O/c1-26-22-8-4-19(5-9-22)20-10-13-24(14-11-20)16-18-2-6-21(7-3-18)25-15-12-23-17-25/h2-10,12,15,17H,11,13-14,16H2,1H3. The first kappa shape index (κ1) is 16.6. The lowest BCUT2D eigenvalue weighted by Gasteiger charge is -2.26. The third-order valence-corrected chi connectivity index (χ3v) is 4.90. The van der Waals surface area contributed by atoms with E-state index in [0.717, 1.165) is 37.5 Å². The second kappa shape index (κ2) is 7.58. The topological polar surface area (TPSA) is 30.3 Å². The number of ether oxygens (including phenoxy) is 1. The Labute approximate surface area is 154 Å². The van der Waals surface area contributed by atoms with E-state index in [0.29, 0.717) is 0 Å². The summed E-state index contributed by atoms with van der Waals surface area (Å²) in [7, 11) is 1.70. The smallest absolute Gasteiger partial charge is 0.118 e. The fourth-order valence-corrected chi connectivity index (χ4v) is 3.37. The molecule has 0 amide bonds. The van der Waals surface area contributed by atoms with Crippen LogP contribution in [0.25, 0.3) is 11.3 Å². The third-order valence-electron chi connectivity index (χ3n) is 4.90. The van der Waals surface area contributed by atoms with Crippen molar-refractivity contribution in [2.24, 2.45) is 0 Å². The normalized spacial score (nSPS) is 14.9. The summed E-state index contributed by atoms with van der Waals surface area (Å²) in [5, 5.41) is 0. The lowest BCUT2D eigenvalue weighted by molar-refractivity contribution is 0.294. The highest BCUT2D eigenvalue weighted by Crippen LogP contribution is 2.25. The maximum absolute atomic E-state index is 5.24. The van der Waals surface area contributed by atoms with Crippen molar-refractivity contribution in [3.63, 3.8) is 0 Å². The van der Waals surface area contributed by atoms with Gasteiger partial charge in [0.15, 0.2) is 0 Å². The molecule has 0 unspecified atom stereocenters. The van der Waals surface area contributed by atoms with Crippen molar-refractivity contribution < 1.29 is 4.74 Å². The Bertz CT molecular complexity index is 865. The highest BCUT2D eigenvalue weighted by molar-refractivity contribution is 5.67. The number of aromatic nitrogens is 2. The molecule has 0 N–H and O–H groups in total.